The minimum absolute atomic E-state index is 0.102. The average molecular weight is 403 g/mol. The van der Waals surface area contributed by atoms with E-state index in [1.165, 1.54) is 0 Å². The van der Waals surface area contributed by atoms with Gasteiger partial charge in [-0.3, -0.25) is 4.79 Å². The molecule has 0 radical (unpaired) electrons. The Morgan fingerprint density at radius 3 is 2.47 bits per heavy atom. The zero-order chi connectivity index (χ0) is 22.1. The summed E-state index contributed by atoms with van der Waals surface area (Å²) in [5, 5.41) is 14.0. The Bertz CT molecular complexity index is 1040. The molecule has 4 nitrogen and oxygen atoms in total. The molecule has 1 aliphatic heterocycles. The van der Waals surface area contributed by atoms with Crippen LogP contribution in [-0.4, -0.2) is 17.1 Å². The van der Waals surface area contributed by atoms with Crippen LogP contribution in [0, 0.1) is 30.1 Å². The Labute approximate surface area is 179 Å². The molecular weight excluding hydrogens is 372 g/mol. The Balaban J connectivity index is 2.12. The highest BCUT2D eigenvalue weighted by molar-refractivity contribution is 6.06. The minimum Gasteiger partial charge on any atom is -0.389 e. The highest BCUT2D eigenvalue weighted by Gasteiger charge is 2.38. The molecular formula is C26H30N2O2. The highest BCUT2D eigenvalue weighted by Crippen LogP contribution is 2.35. The van der Waals surface area contributed by atoms with Crippen LogP contribution in [0.4, 0.5) is 0 Å². The van der Waals surface area contributed by atoms with Crippen LogP contribution in [0.5, 0.6) is 0 Å². The lowest BCUT2D eigenvalue weighted by molar-refractivity contribution is -0.0384. The number of hydrogen-bond donors (Lipinski definition) is 0. The first-order valence-electron chi connectivity index (χ1n) is 10.6. The summed E-state index contributed by atoms with van der Waals surface area (Å²) in [7, 11) is 0. The molecule has 1 atom stereocenters. The summed E-state index contributed by atoms with van der Waals surface area (Å²) >= 11 is 0. The van der Waals surface area contributed by atoms with Crippen LogP contribution < -0.4 is 0 Å². The summed E-state index contributed by atoms with van der Waals surface area (Å²) in [5.41, 5.74) is 5.35. The third kappa shape index (κ3) is 4.46. The van der Waals surface area contributed by atoms with E-state index in [0.29, 0.717) is 29.9 Å². The first kappa shape index (κ1) is 21.8. The maximum Gasteiger partial charge on any atom is 0.163 e. The van der Waals surface area contributed by atoms with E-state index in [9.17, 15) is 10.1 Å². The van der Waals surface area contributed by atoms with Crippen LogP contribution in [0.2, 0.25) is 0 Å². The number of rotatable bonds is 6. The van der Waals surface area contributed by atoms with E-state index in [-0.39, 0.29) is 17.3 Å². The summed E-state index contributed by atoms with van der Waals surface area (Å²) in [4.78, 5) is 18.7. The Hall–Kier alpha value is -2.93. The predicted molar refractivity (Wildman–Crippen MR) is 121 cm³/mol. The van der Waals surface area contributed by atoms with Crippen LogP contribution in [0.25, 0.3) is 11.1 Å². The molecule has 2 aromatic carbocycles. The lowest BCUT2D eigenvalue weighted by Crippen LogP contribution is -2.31. The minimum atomic E-state index is -0.352. The first-order chi connectivity index (χ1) is 14.1. The van der Waals surface area contributed by atoms with Gasteiger partial charge >= 0.3 is 0 Å². The molecule has 0 amide bonds. The molecule has 156 valence electrons. The van der Waals surface area contributed by atoms with Gasteiger partial charge in [0.1, 0.15) is 5.60 Å². The zero-order valence-electron chi connectivity index (χ0n) is 18.7. The number of oxime groups is 1. The van der Waals surface area contributed by atoms with Gasteiger partial charge in [0.05, 0.1) is 17.3 Å². The lowest BCUT2D eigenvalue weighted by Gasteiger charge is -2.25. The van der Waals surface area contributed by atoms with Crippen molar-refractivity contribution < 1.29 is 9.63 Å². The molecule has 0 saturated carbocycles. The van der Waals surface area contributed by atoms with Crippen molar-refractivity contribution in [1.82, 2.24) is 0 Å². The van der Waals surface area contributed by atoms with Crippen LogP contribution in [0.1, 0.15) is 74.5 Å². The van der Waals surface area contributed by atoms with E-state index in [1.54, 1.807) is 0 Å². The molecule has 1 unspecified atom stereocenters. The van der Waals surface area contributed by atoms with E-state index in [4.69, 9.17) is 4.84 Å². The molecule has 0 aliphatic carbocycles. The Kier molecular flexibility index (Phi) is 6.12. The normalized spacial score (nSPS) is 18.3. The predicted octanol–water partition coefficient (Wildman–Crippen LogP) is 6.30. The van der Waals surface area contributed by atoms with Crippen LogP contribution in [0.3, 0.4) is 0 Å². The number of aryl methyl sites for hydroxylation is 1. The maximum atomic E-state index is 12.9. The first-order valence-corrected chi connectivity index (χ1v) is 10.6. The second-order valence-electron chi connectivity index (χ2n) is 9.25. The van der Waals surface area contributed by atoms with Crippen molar-refractivity contribution >= 4 is 11.5 Å². The van der Waals surface area contributed by atoms with Crippen molar-refractivity contribution in [2.45, 2.75) is 60.0 Å². The molecule has 0 aromatic heterocycles. The van der Waals surface area contributed by atoms with Crippen LogP contribution >= 0.6 is 0 Å². The fourth-order valence-corrected chi connectivity index (χ4v) is 3.62. The van der Waals surface area contributed by atoms with Gasteiger partial charge < -0.3 is 4.84 Å². The van der Waals surface area contributed by atoms with Gasteiger partial charge in [0.15, 0.2) is 5.78 Å². The van der Waals surface area contributed by atoms with Crippen molar-refractivity contribution in [3.63, 3.8) is 0 Å². The van der Waals surface area contributed by atoms with Crippen molar-refractivity contribution in [2.75, 3.05) is 0 Å². The average Bonchev–Trinajstić information content (AvgIpc) is 3.10. The number of hydrogen-bond acceptors (Lipinski definition) is 4. The van der Waals surface area contributed by atoms with Crippen molar-refractivity contribution in [3.8, 4) is 17.2 Å². The second-order valence-corrected chi connectivity index (χ2v) is 9.25. The Morgan fingerprint density at radius 1 is 1.17 bits per heavy atom. The van der Waals surface area contributed by atoms with E-state index in [0.717, 1.165) is 28.0 Å². The maximum absolute atomic E-state index is 12.9. The van der Waals surface area contributed by atoms with Gasteiger partial charge in [-0.2, -0.15) is 5.26 Å². The quantitative estimate of drug-likeness (QED) is 0.533. The van der Waals surface area contributed by atoms with E-state index >= 15 is 0 Å². The van der Waals surface area contributed by atoms with Gasteiger partial charge in [-0.25, -0.2) is 0 Å². The van der Waals surface area contributed by atoms with Crippen LogP contribution in [-0.2, 0) is 4.84 Å². The molecule has 0 spiro atoms. The monoisotopic (exact) mass is 402 g/mol. The number of carbonyl (C=O) groups is 1. The molecule has 0 saturated heterocycles. The van der Waals surface area contributed by atoms with Gasteiger partial charge in [0.25, 0.3) is 0 Å². The highest BCUT2D eigenvalue weighted by atomic mass is 16.7. The SMILES string of the molecule is Cc1ccc(-c2cc(C(=O)CC(C)C)cc(C3=NOC(C)(C(C)C)C3)c2)c(C#N)c1. The number of carbonyl (C=O) groups excluding carboxylic acids is 1. The van der Waals surface area contributed by atoms with Crippen LogP contribution in [0.15, 0.2) is 41.6 Å². The smallest absolute Gasteiger partial charge is 0.163 e. The summed E-state index contributed by atoms with van der Waals surface area (Å²) in [6.07, 6.45) is 1.17. The van der Waals surface area contributed by atoms with Crippen molar-refractivity contribution in [2.24, 2.45) is 17.0 Å². The van der Waals surface area contributed by atoms with E-state index < -0.39 is 0 Å². The molecule has 30 heavy (non-hydrogen) atoms. The molecule has 0 N–H and O–H groups in total. The van der Waals surface area contributed by atoms with Crippen molar-refractivity contribution in [1.29, 1.82) is 5.26 Å². The number of nitrogens with zero attached hydrogens (tertiary/aromatic N) is 2. The number of ketones is 1. The fourth-order valence-electron chi connectivity index (χ4n) is 3.62. The third-order valence-corrected chi connectivity index (χ3v) is 5.89. The van der Waals surface area contributed by atoms with Crippen molar-refractivity contribution in [3.05, 3.63) is 58.7 Å². The summed E-state index contributed by atoms with van der Waals surface area (Å²) in [6.45, 7) is 12.4. The lowest BCUT2D eigenvalue weighted by atomic mass is 9.85. The summed E-state index contributed by atoms with van der Waals surface area (Å²) in [5.74, 6) is 0.686. The van der Waals surface area contributed by atoms with Gasteiger partial charge in [-0.1, -0.05) is 45.0 Å². The van der Waals surface area contributed by atoms with Gasteiger partial charge in [-0.15, -0.1) is 0 Å². The van der Waals surface area contributed by atoms with Gasteiger partial charge in [0.2, 0.25) is 0 Å². The Morgan fingerprint density at radius 2 is 1.87 bits per heavy atom. The fraction of sp³-hybridized carbons (Fsp3) is 0.423. The molecule has 4 heteroatoms. The molecule has 1 heterocycles. The number of benzene rings is 2. The van der Waals surface area contributed by atoms with Gasteiger partial charge in [-0.05, 0) is 66.6 Å². The zero-order valence-corrected chi connectivity index (χ0v) is 18.7. The van der Waals surface area contributed by atoms with Gasteiger partial charge in [0, 0.05) is 24.0 Å². The summed E-state index contributed by atoms with van der Waals surface area (Å²) in [6, 6.07) is 14.0. The number of nitriles is 1. The topological polar surface area (TPSA) is 62.4 Å². The molecule has 0 fully saturated rings. The third-order valence-electron chi connectivity index (χ3n) is 5.89. The number of Topliss-reactive ketones (excluding diaryl/α,β-unsaturated/α-hetero) is 1. The standard InChI is InChI=1S/C26H30N2O2/c1-16(2)9-25(29)21-12-19(23-8-7-18(5)10-22(23)15-27)11-20(13-21)24-14-26(6,17(3)4)30-28-24/h7-8,10-13,16-17H,9,14H2,1-6H3. The van der Waals surface area contributed by atoms with E-state index in [1.807, 2.05) is 57.2 Å². The van der Waals surface area contributed by atoms with E-state index in [2.05, 4.69) is 32.0 Å². The summed E-state index contributed by atoms with van der Waals surface area (Å²) < 4.78 is 0. The molecule has 3 rings (SSSR count). The molecule has 2 aromatic rings. The molecule has 1 aliphatic rings. The largest absolute Gasteiger partial charge is 0.389 e. The molecule has 0 bridgehead atoms. The second kappa shape index (κ2) is 8.44.